The van der Waals surface area contributed by atoms with Crippen LogP contribution in [0.25, 0.3) is 0 Å². The molecule has 0 aliphatic rings. The molecule has 2 atom stereocenters. The van der Waals surface area contributed by atoms with Gasteiger partial charge in [0.2, 0.25) is 5.91 Å². The number of aliphatic carboxylic acids is 1. The van der Waals surface area contributed by atoms with Crippen molar-refractivity contribution in [1.29, 1.82) is 0 Å². The molecule has 0 saturated carbocycles. The van der Waals surface area contributed by atoms with Gasteiger partial charge in [-0.3, -0.25) is 4.79 Å². The molecular formula is C6H12N2O4. The Labute approximate surface area is 69.4 Å². The highest BCUT2D eigenvalue weighted by atomic mass is 16.4. The van der Waals surface area contributed by atoms with E-state index in [1.807, 2.05) is 0 Å². The highest BCUT2D eigenvalue weighted by molar-refractivity contribution is 5.82. The van der Waals surface area contributed by atoms with Gasteiger partial charge in [-0.25, -0.2) is 4.79 Å². The fourth-order valence-electron chi connectivity index (χ4n) is 0.446. The maximum absolute atomic E-state index is 10.7. The van der Waals surface area contributed by atoms with E-state index in [9.17, 15) is 9.59 Å². The number of aliphatic hydroxyl groups excluding tert-OH is 1. The molecule has 0 bridgehead atoms. The minimum absolute atomic E-state index is 0.324. The predicted molar refractivity (Wildman–Crippen MR) is 40.3 cm³/mol. The summed E-state index contributed by atoms with van der Waals surface area (Å²) in [5.74, 6) is -1.87. The van der Waals surface area contributed by atoms with Crippen LogP contribution in [0.4, 0.5) is 0 Å². The van der Waals surface area contributed by atoms with Gasteiger partial charge in [-0.05, 0) is 6.92 Å². The molecule has 6 heteroatoms. The summed E-state index contributed by atoms with van der Waals surface area (Å²) in [6.45, 7) is 1.14. The number of nitrogens with one attached hydrogen (secondary N) is 1. The van der Waals surface area contributed by atoms with Crippen molar-refractivity contribution in [2.75, 3.05) is 6.54 Å². The molecule has 0 aromatic rings. The molecular weight excluding hydrogens is 164 g/mol. The lowest BCUT2D eigenvalue weighted by molar-refractivity contribution is -0.146. The number of hydrogen-bond donors (Lipinski definition) is 4. The zero-order valence-corrected chi connectivity index (χ0v) is 6.65. The van der Waals surface area contributed by atoms with E-state index in [-0.39, 0.29) is 6.54 Å². The number of carboxylic acids is 1. The Morgan fingerprint density at radius 3 is 2.42 bits per heavy atom. The van der Waals surface area contributed by atoms with E-state index in [2.05, 4.69) is 5.32 Å². The van der Waals surface area contributed by atoms with E-state index >= 15 is 0 Å². The van der Waals surface area contributed by atoms with Gasteiger partial charge in [0.1, 0.15) is 0 Å². The Kier molecular flexibility index (Phi) is 4.24. The summed E-state index contributed by atoms with van der Waals surface area (Å²) in [6, 6.07) is -0.703. The highest BCUT2D eigenvalue weighted by Crippen LogP contribution is 1.81. The van der Waals surface area contributed by atoms with E-state index in [0.717, 1.165) is 0 Å². The van der Waals surface area contributed by atoms with Crippen LogP contribution in [0.2, 0.25) is 0 Å². The Bertz CT molecular complexity index is 180. The largest absolute Gasteiger partial charge is 0.479 e. The lowest BCUT2D eigenvalue weighted by Gasteiger charge is -2.09. The van der Waals surface area contributed by atoms with Gasteiger partial charge >= 0.3 is 5.97 Å². The normalized spacial score (nSPS) is 14.9. The zero-order valence-electron chi connectivity index (χ0n) is 6.65. The number of aliphatic hydroxyl groups is 1. The van der Waals surface area contributed by atoms with E-state index in [1.54, 1.807) is 0 Å². The lowest BCUT2D eigenvalue weighted by Crippen LogP contribution is -2.43. The number of carbonyl (C=O) groups excluding carboxylic acids is 1. The van der Waals surface area contributed by atoms with Crippen LogP contribution in [0.15, 0.2) is 0 Å². The number of hydrogen-bond acceptors (Lipinski definition) is 4. The summed E-state index contributed by atoms with van der Waals surface area (Å²) < 4.78 is 0. The summed E-state index contributed by atoms with van der Waals surface area (Å²) in [7, 11) is 0. The molecule has 0 fully saturated rings. The summed E-state index contributed by atoms with van der Waals surface area (Å²) in [6.07, 6.45) is -1.58. The summed E-state index contributed by atoms with van der Waals surface area (Å²) in [5.41, 5.74) is 5.16. The topological polar surface area (TPSA) is 113 Å². The van der Waals surface area contributed by atoms with Crippen molar-refractivity contribution >= 4 is 11.9 Å². The van der Waals surface area contributed by atoms with Crippen molar-refractivity contribution in [2.24, 2.45) is 5.73 Å². The quantitative estimate of drug-likeness (QED) is 0.392. The van der Waals surface area contributed by atoms with Gasteiger partial charge in [0.05, 0.1) is 12.6 Å². The average Bonchev–Trinajstić information content (AvgIpc) is 1.98. The first kappa shape index (κ1) is 10.9. The molecule has 70 valence electrons. The molecule has 6 nitrogen and oxygen atoms in total. The van der Waals surface area contributed by atoms with Gasteiger partial charge in [0.15, 0.2) is 6.10 Å². The van der Waals surface area contributed by atoms with Crippen molar-refractivity contribution in [3.8, 4) is 0 Å². The van der Waals surface area contributed by atoms with Crippen LogP contribution in [0.1, 0.15) is 6.92 Å². The monoisotopic (exact) mass is 176 g/mol. The minimum Gasteiger partial charge on any atom is -0.479 e. The molecule has 5 N–H and O–H groups in total. The van der Waals surface area contributed by atoms with Crippen molar-refractivity contribution in [1.82, 2.24) is 5.32 Å². The van der Waals surface area contributed by atoms with Crippen LogP contribution < -0.4 is 11.1 Å². The van der Waals surface area contributed by atoms with Gasteiger partial charge in [-0.1, -0.05) is 0 Å². The molecule has 0 heterocycles. The standard InChI is InChI=1S/C6H12N2O4/c1-3(7)5(10)8-2-4(9)6(11)12/h3-4,9H,2,7H2,1H3,(H,8,10)(H,11,12)/t3-,4?/m0/s1. The Morgan fingerprint density at radius 2 is 2.08 bits per heavy atom. The summed E-state index contributed by atoms with van der Waals surface area (Å²) in [5, 5.41) is 19.1. The van der Waals surface area contributed by atoms with Gasteiger partial charge in [-0.15, -0.1) is 0 Å². The molecule has 12 heavy (non-hydrogen) atoms. The Morgan fingerprint density at radius 1 is 1.58 bits per heavy atom. The summed E-state index contributed by atoms with van der Waals surface area (Å²) in [4.78, 5) is 20.8. The maximum atomic E-state index is 10.7. The fraction of sp³-hybridized carbons (Fsp3) is 0.667. The first-order chi connectivity index (χ1) is 5.45. The Balaban J connectivity index is 3.69. The van der Waals surface area contributed by atoms with Crippen LogP contribution in [0.5, 0.6) is 0 Å². The Hall–Kier alpha value is -1.14. The van der Waals surface area contributed by atoms with Crippen molar-refractivity contribution in [3.63, 3.8) is 0 Å². The van der Waals surface area contributed by atoms with Crippen LogP contribution in [0.3, 0.4) is 0 Å². The van der Waals surface area contributed by atoms with Gasteiger partial charge in [-0.2, -0.15) is 0 Å². The third-order valence-electron chi connectivity index (χ3n) is 1.17. The second-order valence-corrected chi connectivity index (χ2v) is 2.39. The van der Waals surface area contributed by atoms with E-state index < -0.39 is 24.0 Å². The molecule has 0 aliphatic heterocycles. The molecule has 0 aromatic heterocycles. The zero-order chi connectivity index (χ0) is 9.72. The smallest absolute Gasteiger partial charge is 0.334 e. The number of carboxylic acid groups (broad SMARTS) is 1. The van der Waals surface area contributed by atoms with Gasteiger partial charge in [0.25, 0.3) is 0 Å². The molecule has 0 aliphatic carbocycles. The molecule has 0 rings (SSSR count). The third-order valence-corrected chi connectivity index (χ3v) is 1.17. The van der Waals surface area contributed by atoms with Crippen LogP contribution >= 0.6 is 0 Å². The van der Waals surface area contributed by atoms with Crippen molar-refractivity contribution in [2.45, 2.75) is 19.1 Å². The molecule has 0 saturated heterocycles. The molecule has 1 amide bonds. The van der Waals surface area contributed by atoms with Gasteiger partial charge in [0, 0.05) is 0 Å². The van der Waals surface area contributed by atoms with Crippen LogP contribution in [-0.2, 0) is 9.59 Å². The van der Waals surface area contributed by atoms with Crippen LogP contribution in [-0.4, -0.2) is 40.8 Å². The first-order valence-electron chi connectivity index (χ1n) is 3.39. The first-order valence-corrected chi connectivity index (χ1v) is 3.39. The molecule has 0 radical (unpaired) electrons. The van der Waals surface area contributed by atoms with Crippen LogP contribution in [0, 0.1) is 0 Å². The number of nitrogens with two attached hydrogens (primary N) is 1. The van der Waals surface area contributed by atoms with Crippen molar-refractivity contribution < 1.29 is 19.8 Å². The molecule has 0 spiro atoms. The second-order valence-electron chi connectivity index (χ2n) is 2.39. The number of rotatable bonds is 4. The van der Waals surface area contributed by atoms with E-state index in [4.69, 9.17) is 15.9 Å². The van der Waals surface area contributed by atoms with Crippen molar-refractivity contribution in [3.05, 3.63) is 0 Å². The predicted octanol–water partition coefficient (Wildman–Crippen LogP) is -2.10. The SMILES string of the molecule is C[C@H](N)C(=O)NCC(O)C(=O)O. The number of amides is 1. The minimum atomic E-state index is -1.58. The maximum Gasteiger partial charge on any atom is 0.334 e. The summed E-state index contributed by atoms with van der Waals surface area (Å²) >= 11 is 0. The number of carbonyl (C=O) groups is 2. The van der Waals surface area contributed by atoms with Gasteiger partial charge < -0.3 is 21.3 Å². The third kappa shape index (κ3) is 3.89. The molecule has 1 unspecified atom stereocenters. The highest BCUT2D eigenvalue weighted by Gasteiger charge is 2.15. The molecule has 0 aromatic carbocycles. The lowest BCUT2D eigenvalue weighted by atomic mass is 10.3. The second kappa shape index (κ2) is 4.68. The van der Waals surface area contributed by atoms with E-state index in [0.29, 0.717) is 0 Å². The van der Waals surface area contributed by atoms with E-state index in [1.165, 1.54) is 6.92 Å². The fourth-order valence-corrected chi connectivity index (χ4v) is 0.446. The average molecular weight is 176 g/mol.